The van der Waals surface area contributed by atoms with E-state index in [1.54, 1.807) is 0 Å². The number of carbonyl (C=O) groups excluding carboxylic acids is 1. The molecule has 0 aromatic rings. The molecule has 0 aromatic carbocycles. The van der Waals surface area contributed by atoms with E-state index in [4.69, 9.17) is 9.84 Å². The Kier molecular flexibility index (Phi) is 5.60. The summed E-state index contributed by atoms with van der Waals surface area (Å²) in [6.07, 6.45) is 1.43. The van der Waals surface area contributed by atoms with Gasteiger partial charge in [0.25, 0.3) is 0 Å². The molecular formula is C14H27NO3. The first-order valence-electron chi connectivity index (χ1n) is 6.82. The molecule has 1 amide bonds. The minimum atomic E-state index is -0.208. The van der Waals surface area contributed by atoms with Crippen LogP contribution in [0.1, 0.15) is 40.5 Å². The Hall–Kier alpha value is -0.610. The van der Waals surface area contributed by atoms with E-state index in [9.17, 15) is 4.79 Å². The highest BCUT2D eigenvalue weighted by Crippen LogP contribution is 2.26. The van der Waals surface area contributed by atoms with E-state index in [1.165, 1.54) is 0 Å². The molecule has 18 heavy (non-hydrogen) atoms. The summed E-state index contributed by atoms with van der Waals surface area (Å²) in [5.74, 6) is 0.585. The topological polar surface area (TPSA) is 49.8 Å². The number of ether oxygens (including phenoxy) is 1. The smallest absolute Gasteiger partial charge is 0.223 e. The third-order valence-corrected chi connectivity index (χ3v) is 3.18. The summed E-state index contributed by atoms with van der Waals surface area (Å²) in [5.41, 5.74) is 0.262. The van der Waals surface area contributed by atoms with Crippen LogP contribution in [0.15, 0.2) is 0 Å². The highest BCUT2D eigenvalue weighted by molar-refractivity contribution is 5.76. The van der Waals surface area contributed by atoms with Crippen molar-refractivity contribution in [3.05, 3.63) is 0 Å². The zero-order valence-corrected chi connectivity index (χ0v) is 12.1. The lowest BCUT2D eigenvalue weighted by molar-refractivity contribution is -0.141. The van der Waals surface area contributed by atoms with Crippen LogP contribution in [0.3, 0.4) is 0 Å². The maximum Gasteiger partial charge on any atom is 0.223 e. The normalized spacial score (nSPS) is 22.9. The molecule has 0 aliphatic carbocycles. The van der Waals surface area contributed by atoms with Crippen molar-refractivity contribution >= 4 is 5.91 Å². The second-order valence-electron chi connectivity index (χ2n) is 6.59. The number of carbonyl (C=O) groups is 1. The number of rotatable bonds is 4. The van der Waals surface area contributed by atoms with Gasteiger partial charge in [0.05, 0.1) is 19.3 Å². The first-order valence-corrected chi connectivity index (χ1v) is 6.82. The van der Waals surface area contributed by atoms with Gasteiger partial charge < -0.3 is 14.7 Å². The Morgan fingerprint density at radius 2 is 2.17 bits per heavy atom. The van der Waals surface area contributed by atoms with Gasteiger partial charge in [0.1, 0.15) is 0 Å². The first-order chi connectivity index (χ1) is 8.31. The van der Waals surface area contributed by atoms with Gasteiger partial charge >= 0.3 is 0 Å². The molecule has 0 saturated carbocycles. The number of amides is 1. The summed E-state index contributed by atoms with van der Waals surface area (Å²) in [6, 6.07) is 0. The van der Waals surface area contributed by atoms with Gasteiger partial charge in [-0.25, -0.2) is 0 Å². The van der Waals surface area contributed by atoms with Crippen LogP contribution in [0.25, 0.3) is 0 Å². The summed E-state index contributed by atoms with van der Waals surface area (Å²) < 4.78 is 5.35. The molecule has 1 fully saturated rings. The van der Waals surface area contributed by atoms with Crippen LogP contribution in [-0.2, 0) is 9.53 Å². The third-order valence-electron chi connectivity index (χ3n) is 3.18. The van der Waals surface area contributed by atoms with Gasteiger partial charge in [-0.1, -0.05) is 27.7 Å². The molecule has 4 heteroatoms. The van der Waals surface area contributed by atoms with Gasteiger partial charge in [0, 0.05) is 19.5 Å². The lowest BCUT2D eigenvalue weighted by Crippen LogP contribution is -2.47. The molecule has 2 atom stereocenters. The van der Waals surface area contributed by atoms with Crippen LogP contribution < -0.4 is 0 Å². The second-order valence-corrected chi connectivity index (χ2v) is 6.59. The van der Waals surface area contributed by atoms with Gasteiger partial charge in [-0.05, 0) is 17.8 Å². The molecule has 1 heterocycles. The second kappa shape index (κ2) is 6.53. The van der Waals surface area contributed by atoms with Gasteiger partial charge in [-0.2, -0.15) is 0 Å². The molecule has 1 aliphatic heterocycles. The third kappa shape index (κ3) is 5.36. The first kappa shape index (κ1) is 15.4. The molecule has 1 N–H and O–H groups in total. The van der Waals surface area contributed by atoms with E-state index in [1.807, 2.05) is 4.90 Å². The van der Waals surface area contributed by atoms with Gasteiger partial charge in [-0.15, -0.1) is 0 Å². The van der Waals surface area contributed by atoms with E-state index < -0.39 is 0 Å². The number of nitrogens with zero attached hydrogens (tertiary/aromatic N) is 1. The molecule has 0 spiro atoms. The van der Waals surface area contributed by atoms with E-state index in [2.05, 4.69) is 27.7 Å². The molecular weight excluding hydrogens is 230 g/mol. The Balaban J connectivity index is 2.40. The lowest BCUT2D eigenvalue weighted by Gasteiger charge is -2.33. The van der Waals surface area contributed by atoms with Crippen molar-refractivity contribution in [2.24, 2.45) is 11.3 Å². The summed E-state index contributed by atoms with van der Waals surface area (Å²) in [4.78, 5) is 14.0. The Labute approximate surface area is 110 Å². The number of hydrogen-bond acceptors (Lipinski definition) is 3. The maximum absolute atomic E-state index is 12.1. The molecule has 106 valence electrons. The summed E-state index contributed by atoms with van der Waals surface area (Å²) in [7, 11) is 0. The zero-order chi connectivity index (χ0) is 13.8. The van der Waals surface area contributed by atoms with Crippen LogP contribution in [0, 0.1) is 11.3 Å². The largest absolute Gasteiger partial charge is 0.394 e. The zero-order valence-electron chi connectivity index (χ0n) is 12.1. The minimum absolute atomic E-state index is 0.0126. The maximum atomic E-state index is 12.1. The van der Waals surface area contributed by atoms with Crippen molar-refractivity contribution in [2.45, 2.75) is 46.6 Å². The lowest BCUT2D eigenvalue weighted by atomic mass is 9.84. The van der Waals surface area contributed by atoms with Crippen LogP contribution in [0.2, 0.25) is 0 Å². The number of morpholine rings is 1. The average Bonchev–Trinajstić information content (AvgIpc) is 2.26. The quantitative estimate of drug-likeness (QED) is 0.833. The number of hydrogen-bond donors (Lipinski definition) is 1. The monoisotopic (exact) mass is 257 g/mol. The predicted octanol–water partition coefficient (Wildman–Crippen LogP) is 1.67. The van der Waals surface area contributed by atoms with Gasteiger partial charge in [-0.3, -0.25) is 4.79 Å². The van der Waals surface area contributed by atoms with E-state index >= 15 is 0 Å². The van der Waals surface area contributed by atoms with E-state index in [0.717, 1.165) is 6.42 Å². The molecule has 4 nitrogen and oxygen atoms in total. The highest BCUT2D eigenvalue weighted by atomic mass is 16.5. The molecule has 0 aromatic heterocycles. The molecule has 1 saturated heterocycles. The number of aliphatic hydroxyl groups is 1. The number of aliphatic hydroxyl groups excluding tert-OH is 1. The molecule has 2 unspecified atom stereocenters. The van der Waals surface area contributed by atoms with Crippen molar-refractivity contribution in [2.75, 3.05) is 26.3 Å². The summed E-state index contributed by atoms with van der Waals surface area (Å²) >= 11 is 0. The van der Waals surface area contributed by atoms with Gasteiger partial charge in [0.2, 0.25) is 5.91 Å². The fourth-order valence-electron chi connectivity index (χ4n) is 2.60. The summed E-state index contributed by atoms with van der Waals surface area (Å²) in [6.45, 7) is 10.4. The van der Waals surface area contributed by atoms with Crippen molar-refractivity contribution < 1.29 is 14.6 Å². The molecule has 1 rings (SSSR count). The van der Waals surface area contributed by atoms with Crippen LogP contribution in [0.4, 0.5) is 0 Å². The predicted molar refractivity (Wildman–Crippen MR) is 71.3 cm³/mol. The van der Waals surface area contributed by atoms with Crippen molar-refractivity contribution in [3.8, 4) is 0 Å². The molecule has 0 bridgehead atoms. The minimum Gasteiger partial charge on any atom is -0.394 e. The Bertz CT molecular complexity index is 273. The van der Waals surface area contributed by atoms with Gasteiger partial charge in [0.15, 0.2) is 0 Å². The van der Waals surface area contributed by atoms with Crippen LogP contribution in [0.5, 0.6) is 0 Å². The fraction of sp³-hybridized carbons (Fsp3) is 0.929. The van der Waals surface area contributed by atoms with Crippen LogP contribution >= 0.6 is 0 Å². The Morgan fingerprint density at radius 3 is 2.72 bits per heavy atom. The fourth-order valence-corrected chi connectivity index (χ4v) is 2.60. The van der Waals surface area contributed by atoms with E-state index in [-0.39, 0.29) is 24.0 Å². The van der Waals surface area contributed by atoms with Crippen molar-refractivity contribution in [1.82, 2.24) is 4.90 Å². The van der Waals surface area contributed by atoms with Crippen molar-refractivity contribution in [1.29, 1.82) is 0 Å². The van der Waals surface area contributed by atoms with Crippen molar-refractivity contribution in [3.63, 3.8) is 0 Å². The average molecular weight is 257 g/mol. The molecule has 0 radical (unpaired) electrons. The Morgan fingerprint density at radius 1 is 1.50 bits per heavy atom. The summed E-state index contributed by atoms with van der Waals surface area (Å²) in [5, 5.41) is 9.06. The standard InChI is InChI=1S/C14H27NO3/c1-11(8-14(2,3)4)7-13(17)15-5-6-18-12(9-15)10-16/h11-12,16H,5-10H2,1-4H3. The van der Waals surface area contributed by atoms with Crippen LogP contribution in [-0.4, -0.2) is 48.3 Å². The SMILES string of the molecule is CC(CC(=O)N1CCOC(CO)C1)CC(C)(C)C. The molecule has 1 aliphatic rings. The highest BCUT2D eigenvalue weighted by Gasteiger charge is 2.25. The van der Waals surface area contributed by atoms with E-state index in [0.29, 0.717) is 32.0 Å².